The van der Waals surface area contributed by atoms with Crippen molar-refractivity contribution in [3.8, 4) is 0 Å². The van der Waals surface area contributed by atoms with E-state index in [0.29, 0.717) is 0 Å². The summed E-state index contributed by atoms with van der Waals surface area (Å²) in [6.45, 7) is 1.78. The van der Waals surface area contributed by atoms with Crippen molar-refractivity contribution < 1.29 is 9.53 Å². The van der Waals surface area contributed by atoms with Gasteiger partial charge in [-0.25, -0.2) is 4.79 Å². The van der Waals surface area contributed by atoms with Gasteiger partial charge in [0.1, 0.15) is 5.60 Å². The summed E-state index contributed by atoms with van der Waals surface area (Å²) in [5.74, 6) is 0. The van der Waals surface area contributed by atoms with Crippen LogP contribution in [0.25, 0.3) is 10.9 Å². The lowest BCUT2D eigenvalue weighted by molar-refractivity contribution is 0.00916. The molecule has 2 aliphatic heterocycles. The molecule has 1 unspecified atom stereocenters. The minimum Gasteiger partial charge on any atom is -0.440 e. The molecule has 1 atom stereocenters. The number of aromatic nitrogens is 1. The van der Waals surface area contributed by atoms with Crippen LogP contribution in [-0.2, 0) is 11.2 Å². The molecular formula is C23H26ClN3O2. The van der Waals surface area contributed by atoms with E-state index in [0.717, 1.165) is 50.0 Å². The van der Waals surface area contributed by atoms with Crippen molar-refractivity contribution in [2.24, 2.45) is 0 Å². The van der Waals surface area contributed by atoms with Gasteiger partial charge in [0.15, 0.2) is 0 Å². The summed E-state index contributed by atoms with van der Waals surface area (Å²) in [5.41, 5.74) is 2.98. The number of H-pyrrole nitrogens is 1. The van der Waals surface area contributed by atoms with Crippen LogP contribution in [0, 0.1) is 0 Å². The predicted molar refractivity (Wildman–Crippen MR) is 118 cm³/mol. The van der Waals surface area contributed by atoms with Crippen LogP contribution in [0.4, 0.5) is 10.5 Å². The van der Waals surface area contributed by atoms with Crippen molar-refractivity contribution in [3.63, 3.8) is 0 Å². The third-order valence-electron chi connectivity index (χ3n) is 6.25. The van der Waals surface area contributed by atoms with Crippen LogP contribution >= 0.6 is 12.4 Å². The molecule has 1 aromatic heterocycles. The third-order valence-corrected chi connectivity index (χ3v) is 6.25. The fourth-order valence-electron chi connectivity index (χ4n) is 4.84. The fraction of sp³-hybridized carbons (Fsp3) is 0.348. The number of hydrogen-bond donors (Lipinski definition) is 2. The van der Waals surface area contributed by atoms with Crippen molar-refractivity contribution in [1.29, 1.82) is 0 Å². The number of carbonyl (C=O) groups excluding carboxylic acids is 1. The van der Waals surface area contributed by atoms with Crippen LogP contribution in [0.2, 0.25) is 0 Å². The number of para-hydroxylation sites is 2. The largest absolute Gasteiger partial charge is 0.440 e. The molecule has 152 valence electrons. The first kappa shape index (κ1) is 19.8. The Hall–Kier alpha value is -2.50. The normalized spacial score (nSPS) is 20.6. The molecule has 6 heteroatoms. The van der Waals surface area contributed by atoms with Gasteiger partial charge < -0.3 is 15.0 Å². The Morgan fingerprint density at radius 1 is 1.03 bits per heavy atom. The zero-order valence-electron chi connectivity index (χ0n) is 16.3. The maximum Gasteiger partial charge on any atom is 0.415 e. The molecule has 0 radical (unpaired) electrons. The van der Waals surface area contributed by atoms with Gasteiger partial charge in [-0.1, -0.05) is 36.4 Å². The number of aryl methyl sites for hydroxylation is 1. The Bertz CT molecular complexity index is 982. The van der Waals surface area contributed by atoms with Crippen molar-refractivity contribution in [2.75, 3.05) is 18.0 Å². The summed E-state index contributed by atoms with van der Waals surface area (Å²) < 4.78 is 6.07. The Balaban J connectivity index is 0.00000205. The first-order chi connectivity index (χ1) is 13.8. The Labute approximate surface area is 176 Å². The average Bonchev–Trinajstić information content (AvgIpc) is 3.26. The topological polar surface area (TPSA) is 57.4 Å². The Kier molecular flexibility index (Phi) is 5.52. The smallest absolute Gasteiger partial charge is 0.415 e. The molecule has 0 aliphatic carbocycles. The number of hydrogen-bond acceptors (Lipinski definition) is 3. The highest BCUT2D eigenvalue weighted by atomic mass is 35.5. The number of rotatable bonds is 4. The molecule has 3 aromatic rings. The van der Waals surface area contributed by atoms with Gasteiger partial charge in [-0.15, -0.1) is 12.4 Å². The number of piperidine rings is 1. The number of aromatic amines is 1. The van der Waals surface area contributed by atoms with Crippen LogP contribution < -0.4 is 10.2 Å². The summed E-state index contributed by atoms with van der Waals surface area (Å²) in [7, 11) is 0. The van der Waals surface area contributed by atoms with E-state index in [-0.39, 0.29) is 24.5 Å². The molecule has 2 fully saturated rings. The molecule has 2 aliphatic rings. The third kappa shape index (κ3) is 3.49. The van der Waals surface area contributed by atoms with Crippen LogP contribution in [0.5, 0.6) is 0 Å². The number of nitrogens with zero attached hydrogens (tertiary/aromatic N) is 1. The molecule has 2 N–H and O–H groups in total. The number of ether oxygens (including phenoxy) is 1. The number of fused-ring (bicyclic) bond motifs is 1. The molecule has 1 spiro atoms. The summed E-state index contributed by atoms with van der Waals surface area (Å²) in [6, 6.07) is 18.4. The molecule has 0 saturated carbocycles. The number of carbonyl (C=O) groups is 1. The molecule has 0 bridgehead atoms. The van der Waals surface area contributed by atoms with Gasteiger partial charge in [-0.05, 0) is 49.7 Å². The van der Waals surface area contributed by atoms with Crippen molar-refractivity contribution >= 4 is 35.1 Å². The van der Waals surface area contributed by atoms with E-state index < -0.39 is 5.60 Å². The molecule has 5 rings (SSSR count). The highest BCUT2D eigenvalue weighted by Crippen LogP contribution is 2.41. The monoisotopic (exact) mass is 411 g/mol. The van der Waals surface area contributed by atoms with Crippen molar-refractivity contribution in [2.45, 2.75) is 37.3 Å². The summed E-state index contributed by atoms with van der Waals surface area (Å²) in [5, 5.41) is 4.67. The summed E-state index contributed by atoms with van der Waals surface area (Å²) in [4.78, 5) is 18.2. The van der Waals surface area contributed by atoms with Crippen LogP contribution in [0.3, 0.4) is 0 Å². The minimum absolute atomic E-state index is 0. The van der Waals surface area contributed by atoms with Gasteiger partial charge in [0, 0.05) is 35.6 Å². The predicted octanol–water partition coefficient (Wildman–Crippen LogP) is 4.67. The van der Waals surface area contributed by atoms with Crippen LogP contribution in [0.1, 0.15) is 24.8 Å². The van der Waals surface area contributed by atoms with Gasteiger partial charge in [0.05, 0.1) is 6.04 Å². The lowest BCUT2D eigenvalue weighted by atomic mass is 9.82. The van der Waals surface area contributed by atoms with E-state index in [4.69, 9.17) is 4.74 Å². The lowest BCUT2D eigenvalue weighted by Crippen LogP contribution is -2.52. The van der Waals surface area contributed by atoms with E-state index in [1.165, 1.54) is 10.9 Å². The van der Waals surface area contributed by atoms with E-state index in [1.54, 1.807) is 0 Å². The maximum absolute atomic E-state index is 12.9. The first-order valence-electron chi connectivity index (χ1n) is 10.1. The Morgan fingerprint density at radius 3 is 2.55 bits per heavy atom. The molecule has 1 amide bonds. The lowest BCUT2D eigenvalue weighted by Gasteiger charge is -2.38. The molecule has 5 nitrogen and oxygen atoms in total. The molecule has 2 aromatic carbocycles. The highest BCUT2D eigenvalue weighted by molar-refractivity contribution is 5.91. The zero-order valence-corrected chi connectivity index (χ0v) is 17.1. The molecule has 2 saturated heterocycles. The summed E-state index contributed by atoms with van der Waals surface area (Å²) >= 11 is 0. The fourth-order valence-corrected chi connectivity index (χ4v) is 4.84. The van der Waals surface area contributed by atoms with Crippen molar-refractivity contribution in [3.05, 3.63) is 66.4 Å². The second kappa shape index (κ2) is 8.09. The van der Waals surface area contributed by atoms with E-state index in [9.17, 15) is 4.79 Å². The number of benzene rings is 2. The van der Waals surface area contributed by atoms with E-state index in [1.807, 2.05) is 41.3 Å². The quantitative estimate of drug-likeness (QED) is 0.655. The van der Waals surface area contributed by atoms with Gasteiger partial charge in [-0.3, -0.25) is 4.90 Å². The summed E-state index contributed by atoms with van der Waals surface area (Å²) in [6.07, 6.45) is 5.40. The minimum atomic E-state index is -0.399. The van der Waals surface area contributed by atoms with Crippen LogP contribution in [-0.4, -0.2) is 35.8 Å². The van der Waals surface area contributed by atoms with Crippen molar-refractivity contribution in [1.82, 2.24) is 10.3 Å². The second-order valence-electron chi connectivity index (χ2n) is 7.80. The number of amides is 1. The average molecular weight is 412 g/mol. The van der Waals surface area contributed by atoms with Gasteiger partial charge in [0.2, 0.25) is 0 Å². The maximum atomic E-state index is 12.9. The SMILES string of the molecule is Cl.O=C1OC2(CCNCC2)C(CCc2c[nH]c3ccccc23)N1c1ccccc1. The standard InChI is InChI=1S/C23H25N3O2.ClH/c27-22-26(18-6-2-1-3-7-18)21(23(28-22)12-14-24-15-13-23)11-10-17-16-25-20-9-5-4-8-19(17)20;/h1-9,16,21,24-25H,10-15H2;1H. The highest BCUT2D eigenvalue weighted by Gasteiger charge is 2.54. The Morgan fingerprint density at radius 2 is 1.76 bits per heavy atom. The van der Waals surface area contributed by atoms with Crippen LogP contribution in [0.15, 0.2) is 60.8 Å². The van der Waals surface area contributed by atoms with E-state index in [2.05, 4.69) is 34.7 Å². The second-order valence-corrected chi connectivity index (χ2v) is 7.80. The molecule has 3 heterocycles. The molecule has 29 heavy (non-hydrogen) atoms. The zero-order chi connectivity index (χ0) is 19.0. The number of anilines is 1. The van der Waals surface area contributed by atoms with E-state index >= 15 is 0 Å². The number of halogens is 1. The van der Waals surface area contributed by atoms with Gasteiger partial charge in [-0.2, -0.15) is 0 Å². The van der Waals surface area contributed by atoms with Gasteiger partial charge >= 0.3 is 6.09 Å². The first-order valence-corrected chi connectivity index (χ1v) is 10.1. The van der Waals surface area contributed by atoms with Gasteiger partial charge in [0.25, 0.3) is 0 Å². The number of nitrogens with one attached hydrogen (secondary N) is 2. The molecular weight excluding hydrogens is 386 g/mol.